The predicted octanol–water partition coefficient (Wildman–Crippen LogP) is 4.21. The molecule has 1 atom stereocenters. The molecule has 0 spiro atoms. The number of rotatable bonds is 5. The summed E-state index contributed by atoms with van der Waals surface area (Å²) in [6, 6.07) is 1.79. The maximum Gasteiger partial charge on any atom is 0.210 e. The SMILES string of the molecule is CCOP(C)(=O)CSc1nc2nc(I)c(Cl)cc2[nH]1. The molecule has 0 aliphatic carbocycles. The highest BCUT2D eigenvalue weighted by atomic mass is 127. The van der Waals surface area contributed by atoms with E-state index in [0.29, 0.717) is 31.6 Å². The van der Waals surface area contributed by atoms with Gasteiger partial charge in [-0.3, -0.25) is 4.57 Å². The van der Waals surface area contributed by atoms with Gasteiger partial charge >= 0.3 is 0 Å². The molecule has 0 aliphatic rings. The molecule has 0 aliphatic heterocycles. The summed E-state index contributed by atoms with van der Waals surface area (Å²) in [6.07, 6.45) is 0. The van der Waals surface area contributed by atoms with E-state index in [2.05, 4.69) is 37.5 Å². The molecule has 104 valence electrons. The van der Waals surface area contributed by atoms with Crippen molar-refractivity contribution in [2.24, 2.45) is 0 Å². The number of halogens is 2. The number of aromatic amines is 1. The van der Waals surface area contributed by atoms with E-state index in [9.17, 15) is 4.57 Å². The molecule has 0 fully saturated rings. The van der Waals surface area contributed by atoms with Crippen molar-refractivity contribution in [1.82, 2.24) is 15.0 Å². The molecule has 1 N–H and O–H groups in total. The molecule has 19 heavy (non-hydrogen) atoms. The van der Waals surface area contributed by atoms with E-state index in [0.717, 1.165) is 5.52 Å². The second kappa shape index (κ2) is 6.30. The number of aromatic nitrogens is 3. The predicted molar refractivity (Wildman–Crippen MR) is 87.5 cm³/mol. The monoisotopic (exact) mass is 431 g/mol. The summed E-state index contributed by atoms with van der Waals surface area (Å²) < 4.78 is 17.9. The van der Waals surface area contributed by atoms with E-state index in [1.54, 1.807) is 12.7 Å². The van der Waals surface area contributed by atoms with Gasteiger partial charge in [0.25, 0.3) is 0 Å². The highest BCUT2D eigenvalue weighted by Crippen LogP contribution is 2.46. The summed E-state index contributed by atoms with van der Waals surface area (Å²) in [5, 5.41) is 1.26. The lowest BCUT2D eigenvalue weighted by atomic mass is 10.4. The Morgan fingerprint density at radius 3 is 3.00 bits per heavy atom. The first kappa shape index (κ1) is 15.6. The number of thioether (sulfide) groups is 1. The van der Waals surface area contributed by atoms with Crippen LogP contribution in [-0.2, 0) is 9.09 Å². The maximum atomic E-state index is 12.0. The normalized spacial score (nSPS) is 14.7. The van der Waals surface area contributed by atoms with Crippen molar-refractivity contribution in [3.05, 3.63) is 14.8 Å². The summed E-state index contributed by atoms with van der Waals surface area (Å²) in [5.41, 5.74) is 1.76. The zero-order chi connectivity index (χ0) is 14.0. The zero-order valence-corrected chi connectivity index (χ0v) is 14.9. The van der Waals surface area contributed by atoms with Crippen molar-refractivity contribution in [3.8, 4) is 0 Å². The molecule has 0 saturated carbocycles. The molecular formula is C10H12ClIN3O2PS. The third-order valence-corrected chi connectivity index (χ3v) is 7.29. The van der Waals surface area contributed by atoms with Crippen molar-refractivity contribution in [1.29, 1.82) is 0 Å². The lowest BCUT2D eigenvalue weighted by Crippen LogP contribution is -1.91. The van der Waals surface area contributed by atoms with Crippen LogP contribution in [0.25, 0.3) is 11.2 Å². The fourth-order valence-corrected chi connectivity index (χ4v) is 4.57. The number of pyridine rings is 1. The van der Waals surface area contributed by atoms with Gasteiger partial charge in [0.2, 0.25) is 7.37 Å². The molecule has 0 radical (unpaired) electrons. The third-order valence-electron chi connectivity index (χ3n) is 2.20. The highest BCUT2D eigenvalue weighted by molar-refractivity contribution is 14.1. The number of H-pyrrole nitrogens is 1. The van der Waals surface area contributed by atoms with Crippen LogP contribution < -0.4 is 0 Å². The van der Waals surface area contributed by atoms with Gasteiger partial charge in [0.05, 0.1) is 22.6 Å². The fourth-order valence-electron chi connectivity index (χ4n) is 1.43. The van der Waals surface area contributed by atoms with Gasteiger partial charge in [0, 0.05) is 6.66 Å². The summed E-state index contributed by atoms with van der Waals surface area (Å²) in [5.74, 6) is 0. The van der Waals surface area contributed by atoms with Crippen molar-refractivity contribution in [3.63, 3.8) is 0 Å². The van der Waals surface area contributed by atoms with Crippen LogP contribution in [0.2, 0.25) is 5.02 Å². The second-order valence-electron chi connectivity index (χ2n) is 3.88. The Morgan fingerprint density at radius 2 is 2.32 bits per heavy atom. The molecule has 2 rings (SSSR count). The van der Waals surface area contributed by atoms with E-state index in [4.69, 9.17) is 16.1 Å². The number of nitrogens with zero attached hydrogens (tertiary/aromatic N) is 2. The topological polar surface area (TPSA) is 67.9 Å². The minimum Gasteiger partial charge on any atom is -0.331 e. The zero-order valence-electron chi connectivity index (χ0n) is 10.3. The lowest BCUT2D eigenvalue weighted by molar-refractivity contribution is 0.340. The van der Waals surface area contributed by atoms with Gasteiger partial charge in [-0.05, 0) is 35.6 Å². The van der Waals surface area contributed by atoms with E-state index in [1.807, 2.05) is 6.92 Å². The Labute approximate surface area is 133 Å². The van der Waals surface area contributed by atoms with Gasteiger partial charge in [-0.2, -0.15) is 0 Å². The molecule has 9 heteroatoms. The van der Waals surface area contributed by atoms with E-state index < -0.39 is 7.37 Å². The Kier molecular flexibility index (Phi) is 5.16. The number of hydrogen-bond acceptors (Lipinski definition) is 5. The number of fused-ring (bicyclic) bond motifs is 1. The van der Waals surface area contributed by atoms with Gasteiger partial charge in [0.15, 0.2) is 10.8 Å². The summed E-state index contributed by atoms with van der Waals surface area (Å²) in [4.78, 5) is 11.7. The van der Waals surface area contributed by atoms with Crippen molar-refractivity contribution >= 4 is 64.5 Å². The van der Waals surface area contributed by atoms with Crippen LogP contribution in [0.5, 0.6) is 0 Å². The average molecular weight is 432 g/mol. The first-order chi connectivity index (χ1) is 8.91. The lowest BCUT2D eigenvalue weighted by Gasteiger charge is -2.10. The molecule has 2 heterocycles. The van der Waals surface area contributed by atoms with Gasteiger partial charge in [-0.15, -0.1) is 0 Å². The third kappa shape index (κ3) is 4.07. The van der Waals surface area contributed by atoms with Crippen molar-refractivity contribution in [2.75, 3.05) is 18.8 Å². The van der Waals surface area contributed by atoms with Crippen molar-refractivity contribution < 1.29 is 9.09 Å². The quantitative estimate of drug-likeness (QED) is 0.332. The Balaban J connectivity index is 2.16. The van der Waals surface area contributed by atoms with E-state index >= 15 is 0 Å². The van der Waals surface area contributed by atoms with Crippen LogP contribution in [0.4, 0.5) is 0 Å². The molecule has 5 nitrogen and oxygen atoms in total. The van der Waals surface area contributed by atoms with Gasteiger partial charge < -0.3 is 9.51 Å². The minimum absolute atomic E-state index is 0.380. The van der Waals surface area contributed by atoms with Crippen molar-refractivity contribution in [2.45, 2.75) is 12.1 Å². The molecule has 2 aromatic heterocycles. The Bertz CT molecular complexity index is 612. The Morgan fingerprint density at radius 1 is 1.58 bits per heavy atom. The van der Waals surface area contributed by atoms with Gasteiger partial charge in [0.1, 0.15) is 3.70 Å². The largest absolute Gasteiger partial charge is 0.331 e. The first-order valence-corrected chi connectivity index (χ1v) is 10.2. The highest BCUT2D eigenvalue weighted by Gasteiger charge is 2.17. The van der Waals surface area contributed by atoms with Crippen LogP contribution in [0.1, 0.15) is 6.92 Å². The summed E-state index contributed by atoms with van der Waals surface area (Å²) >= 11 is 9.42. The van der Waals surface area contributed by atoms with Crippen LogP contribution in [0.15, 0.2) is 11.2 Å². The molecule has 0 amide bonds. The summed E-state index contributed by atoms with van der Waals surface area (Å²) in [6.45, 7) is 3.91. The number of imidazole rings is 1. The molecule has 0 saturated heterocycles. The number of hydrogen-bond donors (Lipinski definition) is 1. The summed E-state index contributed by atoms with van der Waals surface area (Å²) in [7, 11) is -2.57. The second-order valence-corrected chi connectivity index (χ2v) is 9.30. The van der Waals surface area contributed by atoms with Crippen LogP contribution >= 0.6 is 53.3 Å². The number of nitrogens with one attached hydrogen (secondary N) is 1. The molecule has 1 unspecified atom stereocenters. The molecular weight excluding hydrogens is 420 g/mol. The van der Waals surface area contributed by atoms with E-state index in [1.165, 1.54) is 11.8 Å². The first-order valence-electron chi connectivity index (χ1n) is 5.47. The maximum absolute atomic E-state index is 12.0. The Hall–Kier alpha value is 0.180. The standard InChI is InChI=1S/C10H12ClIN3O2PS/c1-3-17-18(2,16)5-19-10-13-7-4-6(11)8(12)14-9(7)15-10/h4H,3,5H2,1-2H3,(H,13,14,15). The molecule has 0 aromatic carbocycles. The van der Waals surface area contributed by atoms with Crippen LogP contribution in [0.3, 0.4) is 0 Å². The smallest absolute Gasteiger partial charge is 0.210 e. The minimum atomic E-state index is -2.57. The van der Waals surface area contributed by atoms with Gasteiger partial charge in [-0.1, -0.05) is 23.4 Å². The fraction of sp³-hybridized carbons (Fsp3) is 0.400. The molecule has 0 bridgehead atoms. The van der Waals surface area contributed by atoms with Crippen LogP contribution in [0, 0.1) is 3.70 Å². The molecule has 2 aromatic rings. The average Bonchev–Trinajstić information content (AvgIpc) is 2.69. The van der Waals surface area contributed by atoms with Gasteiger partial charge in [-0.25, -0.2) is 9.97 Å². The van der Waals surface area contributed by atoms with Crippen LogP contribution in [-0.4, -0.2) is 33.7 Å². The van der Waals surface area contributed by atoms with E-state index in [-0.39, 0.29) is 0 Å².